The minimum absolute atomic E-state index is 0.0426. The molecule has 1 amide bonds. The fourth-order valence-electron chi connectivity index (χ4n) is 3.13. The van der Waals surface area contributed by atoms with Crippen molar-refractivity contribution in [2.75, 3.05) is 16.8 Å². The molecule has 4 rings (SSSR count). The van der Waals surface area contributed by atoms with Gasteiger partial charge in [-0.15, -0.1) is 0 Å². The highest BCUT2D eigenvalue weighted by Crippen LogP contribution is 2.34. The van der Waals surface area contributed by atoms with Crippen LogP contribution in [0.1, 0.15) is 16.1 Å². The molecule has 0 atom stereocenters. The number of hydrogen-bond donors (Lipinski definition) is 1. The van der Waals surface area contributed by atoms with Gasteiger partial charge in [0.1, 0.15) is 5.69 Å². The Morgan fingerprint density at radius 2 is 1.85 bits per heavy atom. The molecule has 1 N–H and O–H groups in total. The van der Waals surface area contributed by atoms with Crippen LogP contribution in [-0.2, 0) is 6.42 Å². The molecule has 0 bridgehead atoms. The predicted molar refractivity (Wildman–Crippen MR) is 95.7 cm³/mol. The molecule has 4 nitrogen and oxygen atoms in total. The molecule has 2 heterocycles. The first-order valence-electron chi connectivity index (χ1n) is 8.31. The highest BCUT2D eigenvalue weighted by molar-refractivity contribution is 6.03. The van der Waals surface area contributed by atoms with E-state index in [9.17, 15) is 18.0 Å². The topological polar surface area (TPSA) is 45.2 Å². The summed E-state index contributed by atoms with van der Waals surface area (Å²) in [6, 6.07) is 13.0. The van der Waals surface area contributed by atoms with Crippen LogP contribution in [0.2, 0.25) is 0 Å². The van der Waals surface area contributed by atoms with Gasteiger partial charge in [-0.1, -0.05) is 18.2 Å². The first-order valence-corrected chi connectivity index (χ1v) is 8.31. The number of para-hydroxylation sites is 1. The van der Waals surface area contributed by atoms with Crippen molar-refractivity contribution in [3.05, 3.63) is 83.4 Å². The third-order valence-electron chi connectivity index (χ3n) is 4.46. The molecule has 0 aliphatic carbocycles. The Hall–Kier alpha value is -3.35. The Labute approximate surface area is 153 Å². The summed E-state index contributed by atoms with van der Waals surface area (Å²) in [5.41, 5.74) is 2.63. The lowest BCUT2D eigenvalue weighted by molar-refractivity contribution is 0.102. The zero-order valence-electron chi connectivity index (χ0n) is 14.0. The van der Waals surface area contributed by atoms with E-state index in [-0.39, 0.29) is 5.69 Å². The highest BCUT2D eigenvalue weighted by atomic mass is 19.2. The molecule has 0 radical (unpaired) electrons. The van der Waals surface area contributed by atoms with Gasteiger partial charge in [0.2, 0.25) is 0 Å². The van der Waals surface area contributed by atoms with E-state index in [1.54, 1.807) is 12.1 Å². The molecule has 1 aliphatic rings. The van der Waals surface area contributed by atoms with E-state index >= 15 is 0 Å². The first-order chi connectivity index (χ1) is 13.0. The Morgan fingerprint density at radius 3 is 2.70 bits per heavy atom. The number of halogens is 3. The van der Waals surface area contributed by atoms with E-state index in [1.165, 1.54) is 11.8 Å². The van der Waals surface area contributed by atoms with Crippen LogP contribution in [0, 0.1) is 17.5 Å². The number of rotatable bonds is 3. The normalized spacial score (nSPS) is 12.8. The van der Waals surface area contributed by atoms with Gasteiger partial charge in [0.15, 0.2) is 17.5 Å². The monoisotopic (exact) mass is 369 g/mol. The van der Waals surface area contributed by atoms with Crippen LogP contribution in [-0.4, -0.2) is 17.4 Å². The second kappa shape index (κ2) is 6.75. The quantitative estimate of drug-likeness (QED) is 0.694. The van der Waals surface area contributed by atoms with Crippen molar-refractivity contribution in [3.8, 4) is 0 Å². The number of anilines is 3. The van der Waals surface area contributed by atoms with Crippen molar-refractivity contribution < 1.29 is 18.0 Å². The third-order valence-corrected chi connectivity index (χ3v) is 4.46. The second-order valence-electron chi connectivity index (χ2n) is 6.11. The minimum atomic E-state index is -1.64. The summed E-state index contributed by atoms with van der Waals surface area (Å²) in [5, 5.41) is 2.23. The number of aromatic nitrogens is 1. The number of benzene rings is 2. The summed E-state index contributed by atoms with van der Waals surface area (Å²) >= 11 is 0. The molecule has 3 aromatic rings. The lowest BCUT2D eigenvalue weighted by Gasteiger charge is -2.20. The number of nitrogens with one attached hydrogen (secondary N) is 1. The number of nitrogens with zero attached hydrogens (tertiary/aromatic N) is 2. The Kier molecular flexibility index (Phi) is 4.27. The molecule has 1 aromatic heterocycles. The molecular formula is C20H14F3N3O. The van der Waals surface area contributed by atoms with Crippen LogP contribution in [0.4, 0.5) is 30.2 Å². The number of pyridine rings is 1. The number of fused-ring (bicyclic) bond motifs is 1. The Morgan fingerprint density at radius 1 is 1.04 bits per heavy atom. The highest BCUT2D eigenvalue weighted by Gasteiger charge is 2.21. The molecule has 136 valence electrons. The smallest absolute Gasteiger partial charge is 0.274 e. The molecule has 27 heavy (non-hydrogen) atoms. The Balaban J connectivity index is 1.60. The van der Waals surface area contributed by atoms with E-state index in [0.717, 1.165) is 36.5 Å². The van der Waals surface area contributed by atoms with Gasteiger partial charge in [-0.2, -0.15) is 0 Å². The fraction of sp³-hybridized carbons (Fsp3) is 0.100. The molecule has 0 unspecified atom stereocenters. The average Bonchev–Trinajstić information content (AvgIpc) is 3.12. The van der Waals surface area contributed by atoms with Gasteiger partial charge in [0, 0.05) is 24.1 Å². The van der Waals surface area contributed by atoms with Gasteiger partial charge in [0.05, 0.1) is 5.69 Å². The van der Waals surface area contributed by atoms with Crippen LogP contribution in [0.3, 0.4) is 0 Å². The van der Waals surface area contributed by atoms with Crippen molar-refractivity contribution in [1.29, 1.82) is 0 Å². The molecule has 2 aromatic carbocycles. The molecule has 0 saturated heterocycles. The van der Waals surface area contributed by atoms with Crippen molar-refractivity contribution >= 4 is 23.0 Å². The average molecular weight is 369 g/mol. The summed E-state index contributed by atoms with van der Waals surface area (Å²) < 4.78 is 40.1. The largest absolute Gasteiger partial charge is 0.341 e. The predicted octanol–water partition coefficient (Wildman–Crippen LogP) is 4.45. The standard InChI is InChI=1S/C20H14F3N3O/c21-14-5-6-15(19(23)18(14)22)25-20(27)16-11-13(7-9-24-16)26-10-8-12-3-1-2-4-17(12)26/h1-7,9,11H,8,10H2,(H,25,27). The van der Waals surface area contributed by atoms with Gasteiger partial charge in [-0.25, -0.2) is 13.2 Å². The number of amides is 1. The van der Waals surface area contributed by atoms with Crippen molar-refractivity contribution in [3.63, 3.8) is 0 Å². The minimum Gasteiger partial charge on any atom is -0.341 e. The van der Waals surface area contributed by atoms with Crippen molar-refractivity contribution in [2.45, 2.75) is 6.42 Å². The number of hydrogen-bond acceptors (Lipinski definition) is 3. The molecular weight excluding hydrogens is 355 g/mol. The van der Waals surface area contributed by atoms with Crippen molar-refractivity contribution in [2.24, 2.45) is 0 Å². The summed E-state index contributed by atoms with van der Waals surface area (Å²) in [6.07, 6.45) is 2.37. The summed E-state index contributed by atoms with van der Waals surface area (Å²) in [6.45, 7) is 0.766. The third kappa shape index (κ3) is 3.12. The zero-order chi connectivity index (χ0) is 19.0. The lowest BCUT2D eigenvalue weighted by Crippen LogP contribution is -2.18. The summed E-state index contributed by atoms with van der Waals surface area (Å²) in [7, 11) is 0. The fourth-order valence-corrected chi connectivity index (χ4v) is 3.13. The summed E-state index contributed by atoms with van der Waals surface area (Å²) in [4.78, 5) is 18.5. The maximum Gasteiger partial charge on any atom is 0.274 e. The maximum absolute atomic E-state index is 13.8. The van der Waals surface area contributed by atoms with Crippen LogP contribution in [0.15, 0.2) is 54.7 Å². The van der Waals surface area contributed by atoms with Crippen LogP contribution in [0.25, 0.3) is 0 Å². The van der Waals surface area contributed by atoms with Crippen LogP contribution < -0.4 is 10.2 Å². The molecule has 0 saturated carbocycles. The first kappa shape index (κ1) is 17.1. The van der Waals surface area contributed by atoms with Crippen LogP contribution >= 0.6 is 0 Å². The van der Waals surface area contributed by atoms with E-state index in [4.69, 9.17) is 0 Å². The van der Waals surface area contributed by atoms with E-state index in [1.807, 2.05) is 18.2 Å². The van der Waals surface area contributed by atoms with Crippen LogP contribution in [0.5, 0.6) is 0 Å². The summed E-state index contributed by atoms with van der Waals surface area (Å²) in [5.74, 6) is -5.12. The Bertz CT molecular complexity index is 1040. The van der Waals surface area contributed by atoms with Gasteiger partial charge in [0.25, 0.3) is 5.91 Å². The molecule has 0 spiro atoms. The van der Waals surface area contributed by atoms with Gasteiger partial charge >= 0.3 is 0 Å². The molecule has 1 aliphatic heterocycles. The van der Waals surface area contributed by atoms with E-state index in [0.29, 0.717) is 0 Å². The zero-order valence-corrected chi connectivity index (χ0v) is 14.0. The second-order valence-corrected chi connectivity index (χ2v) is 6.11. The van der Waals surface area contributed by atoms with Gasteiger partial charge < -0.3 is 10.2 Å². The van der Waals surface area contributed by atoms with Crippen molar-refractivity contribution in [1.82, 2.24) is 4.98 Å². The number of carbonyl (C=O) groups excluding carboxylic acids is 1. The molecule has 7 heteroatoms. The van der Waals surface area contributed by atoms with E-state index < -0.39 is 29.0 Å². The van der Waals surface area contributed by atoms with Gasteiger partial charge in [-0.05, 0) is 42.3 Å². The molecule has 0 fully saturated rings. The maximum atomic E-state index is 13.8. The number of carbonyl (C=O) groups is 1. The van der Waals surface area contributed by atoms with Gasteiger partial charge in [-0.3, -0.25) is 9.78 Å². The SMILES string of the molecule is O=C(Nc1ccc(F)c(F)c1F)c1cc(N2CCc3ccccc32)ccn1. The van der Waals surface area contributed by atoms with E-state index in [2.05, 4.69) is 21.3 Å². The lowest BCUT2D eigenvalue weighted by atomic mass is 10.2.